The number of esters is 2. The van der Waals surface area contributed by atoms with Gasteiger partial charge in [0.05, 0.1) is 11.1 Å². The average molecular weight is 763 g/mol. The molecular formula is C50H66O6. The van der Waals surface area contributed by atoms with Gasteiger partial charge in [-0.1, -0.05) is 120 Å². The summed E-state index contributed by atoms with van der Waals surface area (Å²) < 4.78 is 23.4. The van der Waals surface area contributed by atoms with Crippen molar-refractivity contribution >= 4 is 11.9 Å². The molecule has 0 bridgehead atoms. The molecule has 0 N–H and O–H groups in total. The fraction of sp³-hybridized carbons (Fsp3) is 0.520. The number of unbranched alkanes of at least 4 members (excludes halogenated alkanes) is 4. The summed E-state index contributed by atoms with van der Waals surface area (Å²) in [5.41, 5.74) is 1.53. The molecule has 0 radical (unpaired) electrons. The smallest absolute Gasteiger partial charge is 0.338 e. The van der Waals surface area contributed by atoms with E-state index in [-0.39, 0.29) is 6.61 Å². The zero-order valence-electron chi connectivity index (χ0n) is 34.1. The molecule has 3 aromatic carbocycles. The number of carbonyl (C=O) groups excluding carboxylic acids is 2. The van der Waals surface area contributed by atoms with Crippen molar-refractivity contribution in [1.82, 2.24) is 0 Å². The lowest BCUT2D eigenvalue weighted by Gasteiger charge is -2.26. The zero-order chi connectivity index (χ0) is 39.2. The number of benzene rings is 3. The number of allylic oxidation sites excluding steroid dienone is 2. The van der Waals surface area contributed by atoms with Crippen molar-refractivity contribution in [2.75, 3.05) is 19.8 Å². The summed E-state index contributed by atoms with van der Waals surface area (Å²) in [6.07, 6.45) is 29.4. The highest BCUT2D eigenvalue weighted by molar-refractivity contribution is 5.90. The molecule has 0 unspecified atom stereocenters. The molecule has 0 heterocycles. The van der Waals surface area contributed by atoms with Gasteiger partial charge >= 0.3 is 11.9 Å². The van der Waals surface area contributed by atoms with Crippen LogP contribution in [0.4, 0.5) is 0 Å². The number of ether oxygens (including phenoxy) is 4. The van der Waals surface area contributed by atoms with Gasteiger partial charge in [-0.25, -0.2) is 9.59 Å². The molecule has 0 aromatic heterocycles. The van der Waals surface area contributed by atoms with E-state index >= 15 is 0 Å². The van der Waals surface area contributed by atoms with Crippen molar-refractivity contribution in [3.05, 3.63) is 120 Å². The third kappa shape index (κ3) is 15.0. The molecule has 6 heteroatoms. The van der Waals surface area contributed by atoms with Crippen LogP contribution in [0.3, 0.4) is 0 Å². The van der Waals surface area contributed by atoms with Crippen molar-refractivity contribution < 1.29 is 28.5 Å². The predicted molar refractivity (Wildman–Crippen MR) is 226 cm³/mol. The number of hydrogen-bond acceptors (Lipinski definition) is 6. The molecule has 2 fully saturated rings. The Morgan fingerprint density at radius 3 is 1.52 bits per heavy atom. The highest BCUT2D eigenvalue weighted by atomic mass is 16.6. The largest absolute Gasteiger partial charge is 0.490 e. The minimum atomic E-state index is -0.773. The van der Waals surface area contributed by atoms with Gasteiger partial charge in [0, 0.05) is 0 Å². The molecule has 6 nitrogen and oxygen atoms in total. The van der Waals surface area contributed by atoms with Crippen LogP contribution in [0, 0.1) is 23.7 Å². The quantitative estimate of drug-likeness (QED) is 0.0577. The fourth-order valence-corrected chi connectivity index (χ4v) is 8.16. The molecule has 0 aliphatic heterocycles. The molecular weight excluding hydrogens is 697 g/mol. The standard InChI is InChI=1S/C50H66O6/c1-3-5-8-14-39-20-24-41(25-21-39)16-12-36-53-46-32-28-44(29-33-46)49(51)55-38-48(43-18-10-7-11-19-43)56-50(52)45-30-34-47(35-31-45)54-37-13-17-42-26-22-40(23-27-42)15-9-6-4-2/h7,10-13,16-19,28-35,39-42,48H,3-6,8-9,14-15,20-27,36-38H2,1-2H3/b16-12+,17-13+/t39-,40-,41-,42-,48-/m0/s1. The second-order valence-corrected chi connectivity index (χ2v) is 16.0. The summed E-state index contributed by atoms with van der Waals surface area (Å²) in [5, 5.41) is 0. The zero-order valence-corrected chi connectivity index (χ0v) is 34.1. The maximum absolute atomic E-state index is 13.2. The topological polar surface area (TPSA) is 71.1 Å². The van der Waals surface area contributed by atoms with Gasteiger partial charge in [-0.05, 0) is 129 Å². The van der Waals surface area contributed by atoms with Crippen LogP contribution in [0.15, 0.2) is 103 Å². The maximum Gasteiger partial charge on any atom is 0.338 e. The second-order valence-electron chi connectivity index (χ2n) is 16.0. The van der Waals surface area contributed by atoms with E-state index in [0.29, 0.717) is 47.7 Å². The van der Waals surface area contributed by atoms with Gasteiger partial charge in [0.2, 0.25) is 0 Å². The minimum absolute atomic E-state index is 0.119. The molecule has 0 saturated heterocycles. The van der Waals surface area contributed by atoms with Crippen molar-refractivity contribution in [3.63, 3.8) is 0 Å². The summed E-state index contributed by atoms with van der Waals surface area (Å²) in [6.45, 7) is 5.42. The summed E-state index contributed by atoms with van der Waals surface area (Å²) >= 11 is 0. The van der Waals surface area contributed by atoms with Gasteiger partial charge in [0.1, 0.15) is 31.3 Å². The Bertz CT molecular complexity index is 1600. The van der Waals surface area contributed by atoms with E-state index in [1.54, 1.807) is 48.5 Å². The van der Waals surface area contributed by atoms with Crippen LogP contribution in [0.1, 0.15) is 149 Å². The molecule has 5 rings (SSSR count). The molecule has 3 aromatic rings. The van der Waals surface area contributed by atoms with E-state index in [0.717, 1.165) is 17.4 Å². The van der Waals surface area contributed by atoms with E-state index in [1.165, 1.54) is 103 Å². The van der Waals surface area contributed by atoms with Crippen LogP contribution in [-0.4, -0.2) is 31.8 Å². The Kier molecular flexibility index (Phi) is 18.6. The van der Waals surface area contributed by atoms with E-state index in [4.69, 9.17) is 18.9 Å². The predicted octanol–water partition coefficient (Wildman–Crippen LogP) is 13.1. The molecule has 0 amide bonds. The summed E-state index contributed by atoms with van der Waals surface area (Å²) in [5.74, 6) is 3.50. The molecule has 1 atom stereocenters. The average Bonchev–Trinajstić information content (AvgIpc) is 3.24. The Morgan fingerprint density at radius 2 is 1.05 bits per heavy atom. The van der Waals surface area contributed by atoms with Crippen LogP contribution in [0.2, 0.25) is 0 Å². The number of rotatable bonds is 22. The first-order valence-electron chi connectivity index (χ1n) is 21.7. The maximum atomic E-state index is 13.2. The lowest BCUT2D eigenvalue weighted by atomic mass is 9.79. The first-order valence-corrected chi connectivity index (χ1v) is 21.7. The van der Waals surface area contributed by atoms with Crippen LogP contribution in [0.5, 0.6) is 11.5 Å². The third-order valence-electron chi connectivity index (χ3n) is 11.7. The fourth-order valence-electron chi connectivity index (χ4n) is 8.16. The minimum Gasteiger partial charge on any atom is -0.490 e. The van der Waals surface area contributed by atoms with Crippen molar-refractivity contribution in [3.8, 4) is 11.5 Å². The van der Waals surface area contributed by atoms with Crippen LogP contribution in [0.25, 0.3) is 0 Å². The highest BCUT2D eigenvalue weighted by Gasteiger charge is 2.22. The Hall–Kier alpha value is -4.32. The van der Waals surface area contributed by atoms with Crippen LogP contribution < -0.4 is 9.47 Å². The molecule has 0 spiro atoms. The van der Waals surface area contributed by atoms with E-state index in [1.807, 2.05) is 30.3 Å². The Balaban J connectivity index is 1.02. The van der Waals surface area contributed by atoms with E-state index in [2.05, 4.69) is 38.2 Å². The van der Waals surface area contributed by atoms with Gasteiger partial charge in [-0.3, -0.25) is 0 Å². The monoisotopic (exact) mass is 762 g/mol. The molecule has 2 aliphatic carbocycles. The SMILES string of the molecule is CCCCC[C@H]1CC[C@H](/C=C/COc2ccc(C(=O)OC[C@H](OC(=O)c3ccc(OC/C=C/[C@H]4CC[C@H](CCCCC)CC4)cc3)c3ccccc3)cc2)CC1. The lowest BCUT2D eigenvalue weighted by molar-refractivity contribution is -0.00134. The Labute approximate surface area is 337 Å². The van der Waals surface area contributed by atoms with Gasteiger partial charge in [-0.2, -0.15) is 0 Å². The summed E-state index contributed by atoms with van der Waals surface area (Å²) in [6, 6.07) is 23.3. The molecule has 2 saturated carbocycles. The first-order chi connectivity index (χ1) is 27.5. The molecule has 2 aliphatic rings. The lowest BCUT2D eigenvalue weighted by Crippen LogP contribution is -2.19. The molecule has 302 valence electrons. The van der Waals surface area contributed by atoms with Gasteiger partial charge in [0.15, 0.2) is 6.10 Å². The van der Waals surface area contributed by atoms with Gasteiger partial charge in [-0.15, -0.1) is 0 Å². The van der Waals surface area contributed by atoms with Gasteiger partial charge in [0.25, 0.3) is 0 Å². The second kappa shape index (κ2) is 24.3. The third-order valence-corrected chi connectivity index (χ3v) is 11.7. The number of carbonyl (C=O) groups is 2. The van der Waals surface area contributed by atoms with E-state index < -0.39 is 18.0 Å². The summed E-state index contributed by atoms with van der Waals surface area (Å²) in [7, 11) is 0. The van der Waals surface area contributed by atoms with Crippen molar-refractivity contribution in [2.24, 2.45) is 23.7 Å². The number of hydrogen-bond donors (Lipinski definition) is 0. The summed E-state index contributed by atoms with van der Waals surface area (Å²) in [4.78, 5) is 26.3. The van der Waals surface area contributed by atoms with Crippen LogP contribution >= 0.6 is 0 Å². The molecule has 56 heavy (non-hydrogen) atoms. The van der Waals surface area contributed by atoms with Crippen LogP contribution in [-0.2, 0) is 9.47 Å². The van der Waals surface area contributed by atoms with Gasteiger partial charge < -0.3 is 18.9 Å². The van der Waals surface area contributed by atoms with Crippen molar-refractivity contribution in [2.45, 2.75) is 123 Å². The Morgan fingerprint density at radius 1 is 0.589 bits per heavy atom. The van der Waals surface area contributed by atoms with Crippen molar-refractivity contribution in [1.29, 1.82) is 0 Å². The first kappa shape index (κ1) is 42.8. The normalized spacial score (nSPS) is 20.5. The highest BCUT2D eigenvalue weighted by Crippen LogP contribution is 2.34. The van der Waals surface area contributed by atoms with E-state index in [9.17, 15) is 9.59 Å².